The summed E-state index contributed by atoms with van der Waals surface area (Å²) in [6.45, 7) is 9.22. The Morgan fingerprint density at radius 2 is 2.18 bits per heavy atom. The van der Waals surface area contributed by atoms with Crippen LogP contribution in [-0.2, 0) is 11.3 Å². The van der Waals surface area contributed by atoms with Gasteiger partial charge in [0, 0.05) is 31.1 Å². The molecule has 28 heavy (non-hydrogen) atoms. The van der Waals surface area contributed by atoms with Crippen LogP contribution in [0.1, 0.15) is 37.3 Å². The lowest BCUT2D eigenvalue weighted by Gasteiger charge is -2.21. The number of hydrogen-bond acceptors (Lipinski definition) is 4. The minimum atomic E-state index is 0. The molecule has 2 N–H and O–H groups in total. The highest BCUT2D eigenvalue weighted by Crippen LogP contribution is 2.24. The van der Waals surface area contributed by atoms with E-state index in [1.807, 2.05) is 0 Å². The third-order valence-electron chi connectivity index (χ3n) is 5.33. The highest BCUT2D eigenvalue weighted by molar-refractivity contribution is 14.0. The van der Waals surface area contributed by atoms with Crippen molar-refractivity contribution in [1.29, 1.82) is 0 Å². The average Bonchev–Trinajstić information content (AvgIpc) is 3.30. The summed E-state index contributed by atoms with van der Waals surface area (Å²) in [5.74, 6) is 1.80. The van der Waals surface area contributed by atoms with E-state index in [9.17, 15) is 0 Å². The maximum absolute atomic E-state index is 6.19. The number of likely N-dealkylation sites (N-methyl/N-ethyl adjacent to an activating group) is 1. The van der Waals surface area contributed by atoms with Crippen LogP contribution in [0.4, 0.5) is 0 Å². The number of aliphatic imine (C=N–C) groups is 1. The summed E-state index contributed by atoms with van der Waals surface area (Å²) in [4.78, 5) is 7.22. The topological polar surface area (TPSA) is 58.1 Å². The highest BCUT2D eigenvalue weighted by atomic mass is 127. The summed E-state index contributed by atoms with van der Waals surface area (Å²) >= 11 is 0. The summed E-state index contributed by atoms with van der Waals surface area (Å²) in [7, 11) is 2.20. The SMILES string of the molecule is CCNC(=NCc1ccc(C)cc1OC1CCOC1)NCC1CCCN1C.I. The number of ether oxygens (including phenoxy) is 2. The number of halogens is 1. The van der Waals surface area contributed by atoms with Crippen LogP contribution in [0, 0.1) is 6.92 Å². The van der Waals surface area contributed by atoms with E-state index in [1.54, 1.807) is 0 Å². The van der Waals surface area contributed by atoms with Gasteiger partial charge in [0.1, 0.15) is 11.9 Å². The van der Waals surface area contributed by atoms with Gasteiger partial charge >= 0.3 is 0 Å². The zero-order valence-corrected chi connectivity index (χ0v) is 19.7. The molecule has 0 saturated carbocycles. The molecule has 2 atom stereocenters. The fraction of sp³-hybridized carbons (Fsp3) is 0.667. The van der Waals surface area contributed by atoms with Crippen molar-refractivity contribution in [3.63, 3.8) is 0 Å². The van der Waals surface area contributed by atoms with E-state index < -0.39 is 0 Å². The standard InChI is InChI=1S/C21H34N4O2.HI/c1-4-22-21(24-14-18-6-5-10-25(18)3)23-13-17-8-7-16(2)12-20(17)27-19-9-11-26-15-19;/h7-8,12,18-19H,4-6,9-11,13-15H2,1-3H3,(H2,22,23,24);1H. The van der Waals surface area contributed by atoms with Gasteiger partial charge in [-0.2, -0.15) is 0 Å². The molecule has 2 saturated heterocycles. The Bertz CT molecular complexity index is 635. The highest BCUT2D eigenvalue weighted by Gasteiger charge is 2.21. The Hall–Kier alpha value is -1.06. The summed E-state index contributed by atoms with van der Waals surface area (Å²) in [5, 5.41) is 6.86. The lowest BCUT2D eigenvalue weighted by atomic mass is 10.1. The molecular weight excluding hydrogens is 467 g/mol. The van der Waals surface area contributed by atoms with E-state index in [-0.39, 0.29) is 30.1 Å². The Morgan fingerprint density at radius 3 is 2.86 bits per heavy atom. The first-order valence-electron chi connectivity index (χ1n) is 10.2. The van der Waals surface area contributed by atoms with E-state index in [0.29, 0.717) is 19.2 Å². The number of rotatable bonds is 7. The zero-order valence-electron chi connectivity index (χ0n) is 17.4. The van der Waals surface area contributed by atoms with E-state index in [0.717, 1.165) is 43.4 Å². The number of aryl methyl sites for hydroxylation is 1. The average molecular weight is 502 g/mol. The van der Waals surface area contributed by atoms with E-state index in [1.165, 1.54) is 24.9 Å². The normalized spacial score (nSPS) is 22.8. The smallest absolute Gasteiger partial charge is 0.191 e. The Balaban J connectivity index is 0.00000280. The summed E-state index contributed by atoms with van der Waals surface area (Å²) in [5.41, 5.74) is 2.31. The number of nitrogens with zero attached hydrogens (tertiary/aromatic N) is 2. The van der Waals surface area contributed by atoms with Gasteiger partial charge in [0.2, 0.25) is 0 Å². The fourth-order valence-corrected chi connectivity index (χ4v) is 3.65. The second-order valence-electron chi connectivity index (χ2n) is 7.57. The molecule has 2 aliphatic rings. The maximum Gasteiger partial charge on any atom is 0.191 e. The second kappa shape index (κ2) is 11.8. The first-order valence-corrected chi connectivity index (χ1v) is 10.2. The summed E-state index contributed by atoms with van der Waals surface area (Å²) in [6, 6.07) is 6.95. The predicted octanol–water partition coefficient (Wildman–Crippen LogP) is 2.93. The molecule has 1 aromatic carbocycles. The van der Waals surface area contributed by atoms with Gasteiger partial charge in [0.15, 0.2) is 5.96 Å². The first-order chi connectivity index (χ1) is 13.2. The molecule has 1 aromatic rings. The van der Waals surface area contributed by atoms with Crippen LogP contribution >= 0.6 is 24.0 Å². The van der Waals surface area contributed by atoms with Gasteiger partial charge in [-0.05, 0) is 51.9 Å². The number of benzene rings is 1. The molecule has 0 aliphatic carbocycles. The quantitative estimate of drug-likeness (QED) is 0.341. The minimum Gasteiger partial charge on any atom is -0.488 e. The number of nitrogens with one attached hydrogen (secondary N) is 2. The molecule has 0 bridgehead atoms. The molecule has 2 fully saturated rings. The van der Waals surface area contributed by atoms with Crippen LogP contribution in [0.2, 0.25) is 0 Å². The van der Waals surface area contributed by atoms with Crippen molar-refractivity contribution in [1.82, 2.24) is 15.5 Å². The largest absolute Gasteiger partial charge is 0.488 e. The van der Waals surface area contributed by atoms with Crippen LogP contribution in [0.25, 0.3) is 0 Å². The Labute approximate surface area is 186 Å². The van der Waals surface area contributed by atoms with Gasteiger partial charge in [-0.1, -0.05) is 12.1 Å². The van der Waals surface area contributed by atoms with Crippen molar-refractivity contribution in [3.8, 4) is 5.75 Å². The van der Waals surface area contributed by atoms with E-state index in [2.05, 4.69) is 54.6 Å². The van der Waals surface area contributed by atoms with Crippen molar-refractivity contribution in [2.75, 3.05) is 39.9 Å². The first kappa shape index (κ1) is 23.2. The summed E-state index contributed by atoms with van der Waals surface area (Å²) < 4.78 is 11.6. The van der Waals surface area contributed by atoms with Crippen molar-refractivity contribution >= 4 is 29.9 Å². The Morgan fingerprint density at radius 1 is 1.32 bits per heavy atom. The fourth-order valence-electron chi connectivity index (χ4n) is 3.65. The molecule has 0 spiro atoms. The lowest BCUT2D eigenvalue weighted by Crippen LogP contribution is -2.44. The molecule has 158 valence electrons. The molecule has 2 heterocycles. The lowest BCUT2D eigenvalue weighted by molar-refractivity contribution is 0.140. The molecule has 7 heteroatoms. The van der Waals surface area contributed by atoms with Crippen molar-refractivity contribution in [2.24, 2.45) is 4.99 Å². The monoisotopic (exact) mass is 502 g/mol. The van der Waals surface area contributed by atoms with Gasteiger partial charge in [0.05, 0.1) is 19.8 Å². The molecule has 3 rings (SSSR count). The molecule has 2 aliphatic heterocycles. The number of hydrogen-bond donors (Lipinski definition) is 2. The van der Waals surface area contributed by atoms with Crippen LogP contribution in [0.5, 0.6) is 5.75 Å². The van der Waals surface area contributed by atoms with Crippen molar-refractivity contribution in [3.05, 3.63) is 29.3 Å². The molecule has 0 radical (unpaired) electrons. The molecular formula is C21H35IN4O2. The van der Waals surface area contributed by atoms with Crippen molar-refractivity contribution in [2.45, 2.75) is 51.8 Å². The van der Waals surface area contributed by atoms with Crippen LogP contribution in [-0.4, -0.2) is 62.9 Å². The van der Waals surface area contributed by atoms with E-state index >= 15 is 0 Å². The third-order valence-corrected chi connectivity index (χ3v) is 5.33. The van der Waals surface area contributed by atoms with Gasteiger partial charge in [-0.3, -0.25) is 0 Å². The molecule has 0 aromatic heterocycles. The second-order valence-corrected chi connectivity index (χ2v) is 7.57. The Kier molecular flexibility index (Phi) is 9.81. The number of guanidine groups is 1. The van der Waals surface area contributed by atoms with Crippen molar-refractivity contribution < 1.29 is 9.47 Å². The molecule has 6 nitrogen and oxygen atoms in total. The number of likely N-dealkylation sites (tertiary alicyclic amines) is 1. The van der Waals surface area contributed by atoms with Gasteiger partial charge < -0.3 is 25.0 Å². The van der Waals surface area contributed by atoms with Crippen LogP contribution in [0.15, 0.2) is 23.2 Å². The van der Waals surface area contributed by atoms with E-state index in [4.69, 9.17) is 14.5 Å². The zero-order chi connectivity index (χ0) is 19.1. The van der Waals surface area contributed by atoms with Gasteiger partial charge in [0.25, 0.3) is 0 Å². The molecule has 2 unspecified atom stereocenters. The summed E-state index contributed by atoms with van der Waals surface area (Å²) in [6.07, 6.45) is 3.64. The maximum atomic E-state index is 6.19. The van der Waals surface area contributed by atoms with Crippen LogP contribution < -0.4 is 15.4 Å². The van der Waals surface area contributed by atoms with Crippen LogP contribution in [0.3, 0.4) is 0 Å². The minimum absolute atomic E-state index is 0. The van der Waals surface area contributed by atoms with Gasteiger partial charge in [-0.25, -0.2) is 4.99 Å². The predicted molar refractivity (Wildman–Crippen MR) is 125 cm³/mol. The van der Waals surface area contributed by atoms with Gasteiger partial charge in [-0.15, -0.1) is 24.0 Å². The third kappa shape index (κ3) is 6.77. The molecule has 0 amide bonds.